The molecule has 0 aromatic rings. The second-order valence-electron chi connectivity index (χ2n) is 7.12. The van der Waals surface area contributed by atoms with Crippen LogP contribution in [0.25, 0.3) is 0 Å². The summed E-state index contributed by atoms with van der Waals surface area (Å²) in [4.78, 5) is 37.7. The Morgan fingerprint density at radius 2 is 1.82 bits per heavy atom. The minimum atomic E-state index is -0.964. The Hall–Kier alpha value is -1.63. The van der Waals surface area contributed by atoms with Gasteiger partial charge in [0.1, 0.15) is 6.54 Å². The van der Waals surface area contributed by atoms with Crippen LogP contribution in [0.3, 0.4) is 0 Å². The van der Waals surface area contributed by atoms with E-state index < -0.39 is 16.8 Å². The van der Waals surface area contributed by atoms with Crippen molar-refractivity contribution in [3.05, 3.63) is 0 Å². The Kier molecular flexibility index (Phi) is 5.56. The maximum absolute atomic E-state index is 12.1. The third kappa shape index (κ3) is 4.43. The summed E-state index contributed by atoms with van der Waals surface area (Å²) in [6, 6.07) is -0.272. The lowest BCUT2D eigenvalue weighted by Gasteiger charge is -2.30. The molecular formula is C15H26N2O5. The number of carbonyl (C=O) groups excluding carboxylic acids is 2. The lowest BCUT2D eigenvalue weighted by atomic mass is 9.93. The first kappa shape index (κ1) is 18.4. The molecule has 7 heteroatoms. The molecule has 0 saturated carbocycles. The van der Waals surface area contributed by atoms with E-state index in [0.717, 1.165) is 0 Å². The molecule has 7 nitrogen and oxygen atoms in total. The molecule has 0 aliphatic carbocycles. The average molecular weight is 314 g/mol. The molecule has 3 amide bonds. The average Bonchev–Trinajstić information content (AvgIpc) is 2.65. The van der Waals surface area contributed by atoms with Crippen molar-refractivity contribution in [3.8, 4) is 0 Å². The molecule has 0 unspecified atom stereocenters. The number of imide groups is 1. The van der Waals surface area contributed by atoms with Crippen molar-refractivity contribution in [2.24, 2.45) is 10.8 Å². The fourth-order valence-corrected chi connectivity index (χ4v) is 2.11. The normalized spacial score (nSPS) is 16.6. The molecule has 1 N–H and O–H groups in total. The quantitative estimate of drug-likeness (QED) is 0.685. The van der Waals surface area contributed by atoms with Gasteiger partial charge in [-0.1, -0.05) is 13.8 Å². The van der Waals surface area contributed by atoms with Gasteiger partial charge in [0.15, 0.2) is 0 Å². The first-order valence-electron chi connectivity index (χ1n) is 7.40. The summed E-state index contributed by atoms with van der Waals surface area (Å²) in [5, 5.41) is 9.04. The molecule has 126 valence electrons. The summed E-state index contributed by atoms with van der Waals surface area (Å²) in [6.45, 7) is 10.0. The molecule has 1 rings (SSSR count). The van der Waals surface area contributed by atoms with Crippen molar-refractivity contribution in [2.45, 2.75) is 34.6 Å². The first-order valence-corrected chi connectivity index (χ1v) is 7.40. The van der Waals surface area contributed by atoms with Gasteiger partial charge in [0, 0.05) is 18.5 Å². The minimum absolute atomic E-state index is 0.0781. The van der Waals surface area contributed by atoms with Gasteiger partial charge in [-0.05, 0) is 20.8 Å². The van der Waals surface area contributed by atoms with Gasteiger partial charge in [-0.15, -0.1) is 0 Å². The number of amides is 3. The summed E-state index contributed by atoms with van der Waals surface area (Å²) in [7, 11) is 0. The van der Waals surface area contributed by atoms with Crippen LogP contribution in [0.2, 0.25) is 0 Å². The topological polar surface area (TPSA) is 87.2 Å². The van der Waals surface area contributed by atoms with Crippen molar-refractivity contribution >= 4 is 17.9 Å². The number of likely N-dealkylation sites (N-methyl/N-ethyl adjacent to an activating group) is 1. The van der Waals surface area contributed by atoms with Crippen molar-refractivity contribution < 1.29 is 24.2 Å². The summed E-state index contributed by atoms with van der Waals surface area (Å²) >= 11 is 0. The number of urea groups is 1. The monoisotopic (exact) mass is 314 g/mol. The zero-order valence-corrected chi connectivity index (χ0v) is 14.0. The van der Waals surface area contributed by atoms with Gasteiger partial charge in [-0.2, -0.15) is 0 Å². The highest BCUT2D eigenvalue weighted by Crippen LogP contribution is 2.23. The number of rotatable bonds is 8. The maximum atomic E-state index is 12.1. The molecule has 1 aliphatic rings. The van der Waals surface area contributed by atoms with Gasteiger partial charge >= 0.3 is 12.0 Å². The van der Waals surface area contributed by atoms with Crippen LogP contribution in [-0.4, -0.2) is 65.7 Å². The third-order valence-electron chi connectivity index (χ3n) is 3.63. The standard InChI is InChI=1S/C15H26N2O5/c1-6-16-7-11(18)17(13(16)21)8-14(2,3)9-22-10-15(4,5)12(19)20/h6-10H2,1-5H3,(H,19,20). The molecule has 1 fully saturated rings. The number of hydrogen-bond donors (Lipinski definition) is 1. The molecule has 0 radical (unpaired) electrons. The van der Waals surface area contributed by atoms with E-state index in [4.69, 9.17) is 9.84 Å². The maximum Gasteiger partial charge on any atom is 0.327 e. The van der Waals surface area contributed by atoms with Gasteiger partial charge in [-0.3, -0.25) is 14.5 Å². The van der Waals surface area contributed by atoms with E-state index in [2.05, 4.69) is 0 Å². The molecule has 0 spiro atoms. The predicted molar refractivity (Wildman–Crippen MR) is 80.4 cm³/mol. The lowest BCUT2D eigenvalue weighted by molar-refractivity contribution is -0.151. The fraction of sp³-hybridized carbons (Fsp3) is 0.800. The highest BCUT2D eigenvalue weighted by Gasteiger charge is 2.38. The highest BCUT2D eigenvalue weighted by atomic mass is 16.5. The lowest BCUT2D eigenvalue weighted by Crippen LogP contribution is -2.42. The summed E-state index contributed by atoms with van der Waals surface area (Å²) < 4.78 is 5.51. The SMILES string of the molecule is CCN1CC(=O)N(CC(C)(C)COCC(C)(C)C(=O)O)C1=O. The van der Waals surface area contributed by atoms with E-state index in [-0.39, 0.29) is 38.2 Å². The molecule has 1 heterocycles. The van der Waals surface area contributed by atoms with Gasteiger partial charge in [0.25, 0.3) is 0 Å². The van der Waals surface area contributed by atoms with Crippen LogP contribution in [0.1, 0.15) is 34.6 Å². The van der Waals surface area contributed by atoms with Gasteiger partial charge in [0.05, 0.1) is 18.6 Å². The van der Waals surface area contributed by atoms with Crippen molar-refractivity contribution in [3.63, 3.8) is 0 Å². The number of carboxylic acids is 1. The van der Waals surface area contributed by atoms with E-state index in [0.29, 0.717) is 6.54 Å². The smallest absolute Gasteiger partial charge is 0.327 e. The Bertz CT molecular complexity index is 459. The van der Waals surface area contributed by atoms with Crippen LogP contribution in [0.15, 0.2) is 0 Å². The Morgan fingerprint density at radius 3 is 2.27 bits per heavy atom. The number of carbonyl (C=O) groups is 3. The number of hydrogen-bond acceptors (Lipinski definition) is 4. The zero-order valence-electron chi connectivity index (χ0n) is 14.0. The van der Waals surface area contributed by atoms with E-state index in [1.807, 2.05) is 20.8 Å². The second-order valence-corrected chi connectivity index (χ2v) is 7.12. The molecule has 1 aliphatic heterocycles. The molecule has 0 aromatic heterocycles. The zero-order chi connectivity index (χ0) is 17.1. The number of ether oxygens (including phenoxy) is 1. The van der Waals surface area contributed by atoms with E-state index in [1.54, 1.807) is 13.8 Å². The van der Waals surface area contributed by atoms with E-state index in [9.17, 15) is 14.4 Å². The number of nitrogens with zero attached hydrogens (tertiary/aromatic N) is 2. The minimum Gasteiger partial charge on any atom is -0.481 e. The van der Waals surface area contributed by atoms with Gasteiger partial charge in [0.2, 0.25) is 5.91 Å². The van der Waals surface area contributed by atoms with E-state index >= 15 is 0 Å². The molecular weight excluding hydrogens is 288 g/mol. The number of carboxylic acid groups (broad SMARTS) is 1. The van der Waals surface area contributed by atoms with Crippen molar-refractivity contribution in [1.29, 1.82) is 0 Å². The summed E-state index contributed by atoms with van der Waals surface area (Å²) in [6.07, 6.45) is 0. The van der Waals surface area contributed by atoms with Crippen LogP contribution in [0.4, 0.5) is 4.79 Å². The number of aliphatic carboxylic acids is 1. The fourth-order valence-electron chi connectivity index (χ4n) is 2.11. The Morgan fingerprint density at radius 1 is 1.23 bits per heavy atom. The Balaban J connectivity index is 2.55. The largest absolute Gasteiger partial charge is 0.481 e. The van der Waals surface area contributed by atoms with Crippen LogP contribution in [0.5, 0.6) is 0 Å². The van der Waals surface area contributed by atoms with Crippen molar-refractivity contribution in [2.75, 3.05) is 32.8 Å². The van der Waals surface area contributed by atoms with Crippen molar-refractivity contribution in [1.82, 2.24) is 9.80 Å². The molecule has 0 atom stereocenters. The first-order chi connectivity index (χ1) is 10.00. The molecule has 0 aromatic carbocycles. The summed E-state index contributed by atoms with van der Waals surface area (Å²) in [5.41, 5.74) is -1.40. The molecule has 1 saturated heterocycles. The third-order valence-corrected chi connectivity index (χ3v) is 3.63. The Labute approximate surface area is 131 Å². The molecule has 0 bridgehead atoms. The second kappa shape index (κ2) is 6.64. The molecule has 22 heavy (non-hydrogen) atoms. The highest BCUT2D eigenvalue weighted by molar-refractivity contribution is 6.02. The summed E-state index contributed by atoms with van der Waals surface area (Å²) in [5.74, 6) is -1.13. The predicted octanol–water partition coefficient (Wildman–Crippen LogP) is 1.42. The van der Waals surface area contributed by atoms with Crippen LogP contribution < -0.4 is 0 Å². The van der Waals surface area contributed by atoms with E-state index in [1.165, 1.54) is 9.80 Å². The van der Waals surface area contributed by atoms with Crippen LogP contribution in [0, 0.1) is 10.8 Å². The van der Waals surface area contributed by atoms with Gasteiger partial charge < -0.3 is 14.7 Å². The van der Waals surface area contributed by atoms with Crippen LogP contribution in [-0.2, 0) is 14.3 Å². The van der Waals surface area contributed by atoms with Crippen LogP contribution >= 0.6 is 0 Å². The van der Waals surface area contributed by atoms with Gasteiger partial charge in [-0.25, -0.2) is 4.79 Å².